The third-order valence-corrected chi connectivity index (χ3v) is 3.14. The smallest absolute Gasteiger partial charge is 0.427 e. The molecule has 3 rings (SSSR count). The van der Waals surface area contributed by atoms with Crippen LogP contribution in [0, 0.1) is 0 Å². The Hall–Kier alpha value is -2.53. The van der Waals surface area contributed by atoms with Crippen LogP contribution < -0.4 is 11.3 Å². The van der Waals surface area contributed by atoms with E-state index < -0.39 is 11.3 Å². The van der Waals surface area contributed by atoms with Crippen molar-refractivity contribution < 1.29 is 9.52 Å². The maximum atomic E-state index is 12.3. The van der Waals surface area contributed by atoms with Gasteiger partial charge in [-0.2, -0.15) is 0 Å². The van der Waals surface area contributed by atoms with E-state index in [9.17, 15) is 14.7 Å². The average molecular weight is 290 g/mol. The number of rotatable bonds is 1. The van der Waals surface area contributed by atoms with Crippen LogP contribution in [-0.4, -0.2) is 9.67 Å². The van der Waals surface area contributed by atoms with Gasteiger partial charge in [0.25, 0.3) is 5.56 Å². The fourth-order valence-electron chi connectivity index (χ4n) is 1.95. The second-order valence-electron chi connectivity index (χ2n) is 4.14. The van der Waals surface area contributed by atoms with Crippen molar-refractivity contribution in [2.24, 2.45) is 0 Å². The van der Waals surface area contributed by atoms with Gasteiger partial charge in [-0.05, 0) is 36.4 Å². The van der Waals surface area contributed by atoms with Gasteiger partial charge >= 0.3 is 5.76 Å². The second-order valence-corrected chi connectivity index (χ2v) is 4.58. The Labute approximate surface area is 117 Å². The van der Waals surface area contributed by atoms with Crippen LogP contribution in [-0.2, 0) is 0 Å². The van der Waals surface area contributed by atoms with E-state index in [1.165, 1.54) is 30.3 Å². The van der Waals surface area contributed by atoms with Crippen LogP contribution in [0.5, 0.6) is 5.75 Å². The minimum Gasteiger partial charge on any atom is -0.504 e. The number of phenolic OH excluding ortho intramolecular Hbond substituents is 1. The first-order valence-electron chi connectivity index (χ1n) is 5.72. The van der Waals surface area contributed by atoms with Crippen molar-refractivity contribution in [2.45, 2.75) is 0 Å². The van der Waals surface area contributed by atoms with Gasteiger partial charge in [-0.3, -0.25) is 4.79 Å². The zero-order chi connectivity index (χ0) is 14.3. The van der Waals surface area contributed by atoms with Crippen LogP contribution in [0.4, 0.5) is 0 Å². The molecule has 6 heteroatoms. The molecule has 20 heavy (non-hydrogen) atoms. The van der Waals surface area contributed by atoms with E-state index in [-0.39, 0.29) is 16.7 Å². The van der Waals surface area contributed by atoms with Gasteiger partial charge in [0.05, 0.1) is 11.1 Å². The van der Waals surface area contributed by atoms with Crippen molar-refractivity contribution in [1.82, 2.24) is 4.57 Å². The van der Waals surface area contributed by atoms with Gasteiger partial charge in [0, 0.05) is 5.02 Å². The number of nitrogens with zero attached hydrogens (tertiary/aromatic N) is 1. The first-order chi connectivity index (χ1) is 9.58. The van der Waals surface area contributed by atoms with E-state index in [4.69, 9.17) is 16.0 Å². The molecule has 0 spiro atoms. The van der Waals surface area contributed by atoms with E-state index in [0.29, 0.717) is 10.7 Å². The number of fused-ring (bicyclic) bond motifs is 1. The number of hydrogen-bond donors (Lipinski definition) is 1. The monoisotopic (exact) mass is 289 g/mol. The molecule has 0 atom stereocenters. The van der Waals surface area contributed by atoms with Crippen molar-refractivity contribution in [3.63, 3.8) is 0 Å². The lowest BCUT2D eigenvalue weighted by molar-refractivity contribution is 0.444. The molecule has 0 aliphatic rings. The Bertz CT molecular complexity index is 909. The van der Waals surface area contributed by atoms with Crippen molar-refractivity contribution in [3.8, 4) is 11.4 Å². The highest BCUT2D eigenvalue weighted by Gasteiger charge is 2.13. The Morgan fingerprint density at radius 1 is 1.05 bits per heavy atom. The van der Waals surface area contributed by atoms with Crippen molar-refractivity contribution in [3.05, 3.63) is 68.4 Å². The largest absolute Gasteiger partial charge is 0.504 e. The lowest BCUT2D eigenvalue weighted by atomic mass is 10.2. The average Bonchev–Trinajstić information content (AvgIpc) is 2.42. The summed E-state index contributed by atoms with van der Waals surface area (Å²) in [6, 6.07) is 10.5. The summed E-state index contributed by atoms with van der Waals surface area (Å²) < 4.78 is 5.90. The van der Waals surface area contributed by atoms with Crippen LogP contribution in [0.15, 0.2) is 56.5 Å². The molecule has 0 saturated heterocycles. The van der Waals surface area contributed by atoms with Gasteiger partial charge in [-0.15, -0.1) is 0 Å². The summed E-state index contributed by atoms with van der Waals surface area (Å²) in [5.74, 6) is -1.12. The first-order valence-corrected chi connectivity index (χ1v) is 6.09. The zero-order valence-electron chi connectivity index (χ0n) is 10.0. The maximum absolute atomic E-state index is 12.3. The van der Waals surface area contributed by atoms with E-state index in [1.54, 1.807) is 12.1 Å². The molecular formula is C14H8ClNO4. The van der Waals surface area contributed by atoms with Gasteiger partial charge in [0.15, 0.2) is 11.3 Å². The van der Waals surface area contributed by atoms with Crippen molar-refractivity contribution in [1.29, 1.82) is 0 Å². The van der Waals surface area contributed by atoms with Gasteiger partial charge in [0.2, 0.25) is 0 Å². The summed E-state index contributed by atoms with van der Waals surface area (Å²) in [7, 11) is 0. The quantitative estimate of drug-likeness (QED) is 0.746. The fraction of sp³-hybridized carbons (Fsp3) is 0. The highest BCUT2D eigenvalue weighted by molar-refractivity contribution is 6.30. The normalized spacial score (nSPS) is 10.8. The van der Waals surface area contributed by atoms with Crippen molar-refractivity contribution in [2.75, 3.05) is 0 Å². The maximum Gasteiger partial charge on any atom is 0.427 e. The minimum absolute atomic E-state index is 0.118. The molecular weight excluding hydrogens is 282 g/mol. The predicted octanol–water partition coefficient (Wildman–Crippen LogP) is 2.30. The lowest BCUT2D eigenvalue weighted by Crippen LogP contribution is -2.30. The summed E-state index contributed by atoms with van der Waals surface area (Å²) in [6.45, 7) is 0. The fourth-order valence-corrected chi connectivity index (χ4v) is 2.08. The molecule has 0 aliphatic carbocycles. The highest BCUT2D eigenvalue weighted by atomic mass is 35.5. The van der Waals surface area contributed by atoms with E-state index in [1.807, 2.05) is 0 Å². The summed E-state index contributed by atoms with van der Waals surface area (Å²) in [6.07, 6.45) is 0. The Kier molecular flexibility index (Phi) is 2.84. The number of phenols is 1. The molecule has 1 heterocycles. The number of aromatic nitrogens is 1. The Morgan fingerprint density at radius 2 is 1.75 bits per heavy atom. The molecule has 0 amide bonds. The Morgan fingerprint density at radius 3 is 2.45 bits per heavy atom. The number of para-hydroxylation sites is 1. The zero-order valence-corrected chi connectivity index (χ0v) is 10.8. The molecule has 5 nitrogen and oxygen atoms in total. The standard InChI is InChI=1S/C14H8ClNO4/c15-8-4-6-9(7-5-8)16-13(18)10-2-1-3-11(17)12(10)20-14(16)19/h1-7,17H. The van der Waals surface area contributed by atoms with Crippen LogP contribution in [0.3, 0.4) is 0 Å². The summed E-state index contributed by atoms with van der Waals surface area (Å²) >= 11 is 5.77. The number of aromatic hydroxyl groups is 1. The molecule has 3 aromatic rings. The third-order valence-electron chi connectivity index (χ3n) is 2.88. The lowest BCUT2D eigenvalue weighted by Gasteiger charge is -2.05. The number of halogens is 1. The number of benzene rings is 2. The van der Waals surface area contributed by atoms with Crippen LogP contribution >= 0.6 is 11.6 Å². The van der Waals surface area contributed by atoms with E-state index in [2.05, 4.69) is 0 Å². The first kappa shape index (κ1) is 12.5. The van der Waals surface area contributed by atoms with Crippen LogP contribution in [0.1, 0.15) is 0 Å². The summed E-state index contributed by atoms with van der Waals surface area (Å²) in [5.41, 5.74) is -0.333. The van der Waals surface area contributed by atoms with Gasteiger partial charge in [-0.25, -0.2) is 9.36 Å². The van der Waals surface area contributed by atoms with Gasteiger partial charge in [-0.1, -0.05) is 17.7 Å². The van der Waals surface area contributed by atoms with Crippen LogP contribution in [0.25, 0.3) is 16.7 Å². The Balaban J connectivity index is 2.41. The molecule has 0 unspecified atom stereocenters. The molecule has 1 aromatic heterocycles. The molecule has 0 saturated carbocycles. The van der Waals surface area contributed by atoms with Gasteiger partial charge in [0.1, 0.15) is 0 Å². The minimum atomic E-state index is -0.869. The summed E-state index contributed by atoms with van der Waals surface area (Å²) in [5, 5.41) is 10.2. The molecule has 2 aromatic carbocycles. The predicted molar refractivity (Wildman–Crippen MR) is 74.8 cm³/mol. The summed E-state index contributed by atoms with van der Waals surface area (Å²) in [4.78, 5) is 24.3. The highest BCUT2D eigenvalue weighted by Crippen LogP contribution is 2.20. The molecule has 0 radical (unpaired) electrons. The van der Waals surface area contributed by atoms with E-state index >= 15 is 0 Å². The van der Waals surface area contributed by atoms with Crippen molar-refractivity contribution >= 4 is 22.6 Å². The third kappa shape index (κ3) is 1.88. The van der Waals surface area contributed by atoms with Crippen LogP contribution in [0.2, 0.25) is 5.02 Å². The molecule has 1 N–H and O–H groups in total. The number of hydrogen-bond acceptors (Lipinski definition) is 4. The second kappa shape index (κ2) is 4.54. The molecule has 0 bridgehead atoms. The molecule has 0 aliphatic heterocycles. The molecule has 0 fully saturated rings. The molecule has 100 valence electrons. The van der Waals surface area contributed by atoms with Gasteiger partial charge < -0.3 is 9.52 Å². The van der Waals surface area contributed by atoms with E-state index in [0.717, 1.165) is 4.57 Å². The SMILES string of the molecule is O=c1oc2c(O)cccc2c(=O)n1-c1ccc(Cl)cc1. The topological polar surface area (TPSA) is 72.4 Å².